The maximum Gasteiger partial charge on any atom is 0.361 e. The van der Waals surface area contributed by atoms with E-state index in [2.05, 4.69) is 15.3 Å². The van der Waals surface area contributed by atoms with Crippen molar-refractivity contribution in [2.24, 2.45) is 0 Å². The topological polar surface area (TPSA) is 107 Å². The summed E-state index contributed by atoms with van der Waals surface area (Å²) in [6, 6.07) is 4.59. The molecule has 22 heavy (non-hydrogen) atoms. The van der Waals surface area contributed by atoms with Gasteiger partial charge in [0.05, 0.1) is 10.7 Å². The Morgan fingerprint density at radius 1 is 1.23 bits per heavy atom. The van der Waals surface area contributed by atoms with E-state index in [0.29, 0.717) is 15.7 Å². The van der Waals surface area contributed by atoms with Gasteiger partial charge in [0.2, 0.25) is 0 Å². The van der Waals surface area contributed by atoms with Crippen molar-refractivity contribution in [2.75, 3.05) is 17.7 Å². The van der Waals surface area contributed by atoms with Crippen molar-refractivity contribution in [1.82, 2.24) is 9.97 Å². The van der Waals surface area contributed by atoms with E-state index in [1.165, 1.54) is 24.5 Å². The average molecular weight is 341 g/mol. The minimum absolute atomic E-state index is 0.0780. The van der Waals surface area contributed by atoms with E-state index in [9.17, 15) is 9.59 Å². The van der Waals surface area contributed by atoms with Crippen LogP contribution in [-0.4, -0.2) is 28.5 Å². The van der Waals surface area contributed by atoms with Crippen LogP contribution in [0.15, 0.2) is 30.6 Å². The largest absolute Gasteiger partial charge is 0.451 e. The fourth-order valence-electron chi connectivity index (χ4n) is 1.49. The van der Waals surface area contributed by atoms with Crippen LogP contribution in [0.3, 0.4) is 0 Å². The van der Waals surface area contributed by atoms with Crippen molar-refractivity contribution in [3.8, 4) is 0 Å². The zero-order valence-electron chi connectivity index (χ0n) is 11.0. The molecule has 1 heterocycles. The molecular formula is C13H10Cl2N4O3. The molecular weight excluding hydrogens is 331 g/mol. The first kappa shape index (κ1) is 16.0. The lowest BCUT2D eigenvalue weighted by atomic mass is 10.3. The van der Waals surface area contributed by atoms with E-state index >= 15 is 0 Å². The molecule has 9 heteroatoms. The summed E-state index contributed by atoms with van der Waals surface area (Å²) in [7, 11) is 0. The summed E-state index contributed by atoms with van der Waals surface area (Å²) in [6.45, 7) is -0.530. The molecule has 0 atom stereocenters. The van der Waals surface area contributed by atoms with Crippen molar-refractivity contribution in [2.45, 2.75) is 0 Å². The van der Waals surface area contributed by atoms with Gasteiger partial charge in [0, 0.05) is 17.4 Å². The van der Waals surface area contributed by atoms with Gasteiger partial charge in [-0.1, -0.05) is 23.2 Å². The average Bonchev–Trinajstić information content (AvgIpc) is 2.49. The summed E-state index contributed by atoms with van der Waals surface area (Å²) < 4.78 is 4.80. The number of nitrogens with zero attached hydrogens (tertiary/aromatic N) is 2. The lowest BCUT2D eigenvalue weighted by molar-refractivity contribution is -0.119. The number of aromatic nitrogens is 2. The molecule has 0 bridgehead atoms. The van der Waals surface area contributed by atoms with Crippen LogP contribution in [0, 0.1) is 0 Å². The number of halogens is 2. The molecule has 7 nitrogen and oxygen atoms in total. The first-order chi connectivity index (χ1) is 10.5. The summed E-state index contributed by atoms with van der Waals surface area (Å²) in [5.41, 5.74) is 5.64. The molecule has 0 fully saturated rings. The molecule has 2 aromatic rings. The number of esters is 1. The third kappa shape index (κ3) is 4.06. The number of carbonyl (C=O) groups excluding carboxylic acids is 2. The van der Waals surface area contributed by atoms with Gasteiger partial charge in [0.25, 0.3) is 5.91 Å². The molecule has 3 N–H and O–H groups in total. The Morgan fingerprint density at radius 3 is 2.68 bits per heavy atom. The summed E-state index contributed by atoms with van der Waals surface area (Å²) in [4.78, 5) is 30.9. The SMILES string of the molecule is Nc1nccnc1C(=O)OCC(=O)Nc1cc(Cl)ccc1Cl. The Morgan fingerprint density at radius 2 is 1.95 bits per heavy atom. The van der Waals surface area contributed by atoms with E-state index < -0.39 is 18.5 Å². The van der Waals surface area contributed by atoms with Crippen molar-refractivity contribution < 1.29 is 14.3 Å². The van der Waals surface area contributed by atoms with E-state index in [4.69, 9.17) is 33.7 Å². The van der Waals surface area contributed by atoms with Crippen molar-refractivity contribution in [1.29, 1.82) is 0 Å². The fourth-order valence-corrected chi connectivity index (χ4v) is 1.82. The van der Waals surface area contributed by atoms with Gasteiger partial charge in [-0.2, -0.15) is 0 Å². The molecule has 0 spiro atoms. The van der Waals surface area contributed by atoms with E-state index in [-0.39, 0.29) is 11.5 Å². The Labute approximate surface area is 135 Å². The highest BCUT2D eigenvalue weighted by Gasteiger charge is 2.15. The maximum absolute atomic E-state index is 11.7. The number of anilines is 2. The predicted octanol–water partition coefficient (Wildman–Crippen LogP) is 2.16. The van der Waals surface area contributed by atoms with Gasteiger partial charge < -0.3 is 15.8 Å². The van der Waals surface area contributed by atoms with E-state index in [1.807, 2.05) is 0 Å². The highest BCUT2D eigenvalue weighted by Crippen LogP contribution is 2.25. The van der Waals surface area contributed by atoms with Gasteiger partial charge in [0.1, 0.15) is 0 Å². The number of amides is 1. The normalized spacial score (nSPS) is 10.1. The second-order valence-corrected chi connectivity index (χ2v) is 4.88. The van der Waals surface area contributed by atoms with Gasteiger partial charge in [-0.3, -0.25) is 4.79 Å². The summed E-state index contributed by atoms with van der Waals surface area (Å²) in [5, 5.41) is 3.19. The van der Waals surface area contributed by atoms with Crippen molar-refractivity contribution >= 4 is 46.6 Å². The first-order valence-electron chi connectivity index (χ1n) is 5.96. The smallest absolute Gasteiger partial charge is 0.361 e. The Hall–Kier alpha value is -2.38. The standard InChI is InChI=1S/C13H10Cl2N4O3/c14-7-1-2-8(15)9(5-7)19-10(20)6-22-13(21)11-12(16)18-4-3-17-11/h1-5H,6H2,(H2,16,18)(H,19,20). The number of hydrogen-bond donors (Lipinski definition) is 2. The lowest BCUT2D eigenvalue weighted by Gasteiger charge is -2.08. The Balaban J connectivity index is 1.94. The maximum atomic E-state index is 11.7. The number of hydrogen-bond acceptors (Lipinski definition) is 6. The third-order valence-electron chi connectivity index (χ3n) is 2.46. The first-order valence-corrected chi connectivity index (χ1v) is 6.71. The number of rotatable bonds is 4. The number of carbonyl (C=O) groups is 2. The molecule has 1 aromatic carbocycles. The zero-order chi connectivity index (χ0) is 16.1. The van der Waals surface area contributed by atoms with E-state index in [1.54, 1.807) is 6.07 Å². The van der Waals surface area contributed by atoms with Crippen LogP contribution in [0.2, 0.25) is 10.0 Å². The van der Waals surface area contributed by atoms with Gasteiger partial charge in [-0.15, -0.1) is 0 Å². The summed E-state index contributed by atoms with van der Waals surface area (Å²) >= 11 is 11.7. The second-order valence-electron chi connectivity index (χ2n) is 4.04. The molecule has 2 rings (SSSR count). The second kappa shape index (κ2) is 7.06. The number of nitrogens with two attached hydrogens (primary N) is 1. The minimum Gasteiger partial charge on any atom is -0.451 e. The molecule has 114 valence electrons. The zero-order valence-corrected chi connectivity index (χ0v) is 12.6. The lowest BCUT2D eigenvalue weighted by Crippen LogP contribution is -2.22. The number of ether oxygens (including phenoxy) is 1. The minimum atomic E-state index is -0.849. The Bertz CT molecular complexity index is 724. The molecule has 1 aromatic heterocycles. The molecule has 0 saturated heterocycles. The molecule has 0 aliphatic rings. The highest BCUT2D eigenvalue weighted by molar-refractivity contribution is 6.35. The fraction of sp³-hybridized carbons (Fsp3) is 0.0769. The Kier molecular flexibility index (Phi) is 5.13. The quantitative estimate of drug-likeness (QED) is 0.825. The third-order valence-corrected chi connectivity index (χ3v) is 3.02. The number of nitrogens with one attached hydrogen (secondary N) is 1. The van der Waals surface area contributed by atoms with Crippen LogP contribution < -0.4 is 11.1 Å². The highest BCUT2D eigenvalue weighted by atomic mass is 35.5. The molecule has 0 unspecified atom stereocenters. The predicted molar refractivity (Wildman–Crippen MR) is 81.8 cm³/mol. The van der Waals surface area contributed by atoms with Gasteiger partial charge in [-0.25, -0.2) is 14.8 Å². The van der Waals surface area contributed by atoms with Crippen LogP contribution in [0.1, 0.15) is 10.5 Å². The van der Waals surface area contributed by atoms with Crippen molar-refractivity contribution in [3.05, 3.63) is 46.3 Å². The summed E-state index contributed by atoms with van der Waals surface area (Å²) in [6.07, 6.45) is 2.62. The van der Waals surface area contributed by atoms with Gasteiger partial charge >= 0.3 is 5.97 Å². The number of benzene rings is 1. The van der Waals surface area contributed by atoms with E-state index in [0.717, 1.165) is 0 Å². The number of nitrogen functional groups attached to an aromatic ring is 1. The van der Waals surface area contributed by atoms with Crippen LogP contribution >= 0.6 is 23.2 Å². The molecule has 0 saturated carbocycles. The molecule has 0 aliphatic heterocycles. The van der Waals surface area contributed by atoms with Crippen molar-refractivity contribution in [3.63, 3.8) is 0 Å². The van der Waals surface area contributed by atoms with Gasteiger partial charge in [0.15, 0.2) is 18.1 Å². The molecule has 0 radical (unpaired) electrons. The molecule has 1 amide bonds. The monoisotopic (exact) mass is 340 g/mol. The van der Waals surface area contributed by atoms with Crippen LogP contribution in [0.5, 0.6) is 0 Å². The van der Waals surface area contributed by atoms with Crippen LogP contribution in [-0.2, 0) is 9.53 Å². The van der Waals surface area contributed by atoms with Crippen LogP contribution in [0.25, 0.3) is 0 Å². The molecule has 0 aliphatic carbocycles. The summed E-state index contributed by atoms with van der Waals surface area (Å²) in [5.74, 6) is -1.51. The van der Waals surface area contributed by atoms with Gasteiger partial charge in [-0.05, 0) is 18.2 Å². The van der Waals surface area contributed by atoms with Crippen LogP contribution in [0.4, 0.5) is 11.5 Å².